The molecule has 0 saturated carbocycles. The molecule has 0 saturated heterocycles. The molecule has 1 aromatic rings. The van der Waals surface area contributed by atoms with Gasteiger partial charge in [0.05, 0.1) is 6.61 Å². The lowest BCUT2D eigenvalue weighted by atomic mass is 10.0. The van der Waals surface area contributed by atoms with E-state index < -0.39 is 18.1 Å². The molecule has 0 aliphatic rings. The van der Waals surface area contributed by atoms with Crippen LogP contribution in [0.5, 0.6) is 5.75 Å². The number of nitrogens with two attached hydrogens (primary N) is 1. The predicted molar refractivity (Wildman–Crippen MR) is 62.8 cm³/mol. The van der Waals surface area contributed by atoms with Crippen LogP contribution >= 0.6 is 0 Å². The quantitative estimate of drug-likeness (QED) is 0.686. The van der Waals surface area contributed by atoms with Crippen molar-refractivity contribution < 1.29 is 19.7 Å². The summed E-state index contributed by atoms with van der Waals surface area (Å²) in [6.45, 7) is 2.63. The van der Waals surface area contributed by atoms with Gasteiger partial charge >= 0.3 is 5.97 Å². The Morgan fingerprint density at radius 3 is 2.47 bits per heavy atom. The maximum Gasteiger partial charge on any atom is 0.323 e. The zero-order chi connectivity index (χ0) is 12.8. The third-order valence-electron chi connectivity index (χ3n) is 2.32. The molecule has 5 nitrogen and oxygen atoms in total. The van der Waals surface area contributed by atoms with Crippen molar-refractivity contribution in [2.24, 2.45) is 5.73 Å². The van der Waals surface area contributed by atoms with E-state index in [1.54, 1.807) is 24.3 Å². The maximum absolute atomic E-state index is 10.6. The third-order valence-corrected chi connectivity index (χ3v) is 2.32. The number of aliphatic hydroxyl groups is 1. The second-order valence-electron chi connectivity index (χ2n) is 3.73. The minimum Gasteiger partial charge on any atom is -0.494 e. The van der Waals surface area contributed by atoms with Gasteiger partial charge in [0.1, 0.15) is 17.9 Å². The van der Waals surface area contributed by atoms with Crippen LogP contribution in [0.1, 0.15) is 25.0 Å². The van der Waals surface area contributed by atoms with Crippen LogP contribution in [-0.2, 0) is 4.79 Å². The van der Waals surface area contributed by atoms with Crippen LogP contribution in [0.3, 0.4) is 0 Å². The van der Waals surface area contributed by atoms with Gasteiger partial charge in [0.25, 0.3) is 0 Å². The van der Waals surface area contributed by atoms with E-state index in [1.165, 1.54) is 0 Å². The molecule has 5 heteroatoms. The van der Waals surface area contributed by atoms with E-state index in [-0.39, 0.29) is 0 Å². The zero-order valence-corrected chi connectivity index (χ0v) is 9.67. The van der Waals surface area contributed by atoms with Crippen molar-refractivity contribution in [1.82, 2.24) is 0 Å². The minimum absolute atomic E-state index is 0.462. The molecule has 17 heavy (non-hydrogen) atoms. The molecule has 2 unspecified atom stereocenters. The smallest absolute Gasteiger partial charge is 0.323 e. The number of aliphatic hydroxyl groups excluding tert-OH is 1. The molecule has 1 aromatic carbocycles. The van der Waals surface area contributed by atoms with Crippen LogP contribution in [0.4, 0.5) is 0 Å². The lowest BCUT2D eigenvalue weighted by molar-refractivity contribution is -0.141. The summed E-state index contributed by atoms with van der Waals surface area (Å²) in [4.78, 5) is 10.6. The number of carboxylic acid groups (broad SMARTS) is 1. The highest BCUT2D eigenvalue weighted by atomic mass is 16.5. The van der Waals surface area contributed by atoms with Crippen molar-refractivity contribution >= 4 is 5.97 Å². The Balaban J connectivity index is 2.69. The van der Waals surface area contributed by atoms with Gasteiger partial charge < -0.3 is 20.7 Å². The fourth-order valence-electron chi connectivity index (χ4n) is 1.32. The summed E-state index contributed by atoms with van der Waals surface area (Å²) in [6, 6.07) is 5.26. The average molecular weight is 239 g/mol. The van der Waals surface area contributed by atoms with Crippen molar-refractivity contribution in [3.8, 4) is 5.75 Å². The predicted octanol–water partition coefficient (Wildman–Crippen LogP) is 0.921. The Hall–Kier alpha value is -1.59. The number of benzene rings is 1. The fourth-order valence-corrected chi connectivity index (χ4v) is 1.32. The average Bonchev–Trinajstić information content (AvgIpc) is 2.35. The van der Waals surface area contributed by atoms with E-state index in [0.29, 0.717) is 17.9 Å². The summed E-state index contributed by atoms with van der Waals surface area (Å²) in [5, 5.41) is 18.4. The van der Waals surface area contributed by atoms with Crippen LogP contribution in [0.15, 0.2) is 24.3 Å². The van der Waals surface area contributed by atoms with E-state index in [4.69, 9.17) is 15.6 Å². The highest BCUT2D eigenvalue weighted by Crippen LogP contribution is 2.19. The molecule has 94 valence electrons. The van der Waals surface area contributed by atoms with Crippen LogP contribution in [0.25, 0.3) is 0 Å². The normalized spacial score (nSPS) is 14.1. The summed E-state index contributed by atoms with van der Waals surface area (Å²) >= 11 is 0. The van der Waals surface area contributed by atoms with Gasteiger partial charge in [-0.1, -0.05) is 19.1 Å². The molecule has 0 radical (unpaired) electrons. The van der Waals surface area contributed by atoms with E-state index in [9.17, 15) is 9.90 Å². The van der Waals surface area contributed by atoms with E-state index in [2.05, 4.69) is 0 Å². The molecule has 0 aliphatic heterocycles. The van der Waals surface area contributed by atoms with Crippen molar-refractivity contribution in [3.05, 3.63) is 29.8 Å². The van der Waals surface area contributed by atoms with Crippen molar-refractivity contribution in [1.29, 1.82) is 0 Å². The van der Waals surface area contributed by atoms with Crippen LogP contribution in [0, 0.1) is 0 Å². The summed E-state index contributed by atoms with van der Waals surface area (Å²) in [6.07, 6.45) is -0.304. The Kier molecular flexibility index (Phi) is 4.93. The van der Waals surface area contributed by atoms with Crippen LogP contribution < -0.4 is 10.5 Å². The Labute approximate surface area is 99.8 Å². The standard InChI is InChI=1S/C12H17NO4/c1-2-7-17-9-5-3-8(4-6-9)11(14)10(13)12(15)16/h3-6,10-11,14H,2,7,13H2,1H3,(H,15,16). The summed E-state index contributed by atoms with van der Waals surface area (Å²) in [5.41, 5.74) is 5.79. The first kappa shape index (κ1) is 13.5. The Bertz CT molecular complexity index is 363. The number of aliphatic carboxylic acids is 1. The number of carboxylic acids is 1. The molecule has 0 aromatic heterocycles. The van der Waals surface area contributed by atoms with E-state index >= 15 is 0 Å². The molecule has 0 heterocycles. The molecule has 1 rings (SSSR count). The number of hydrogen-bond acceptors (Lipinski definition) is 4. The molecule has 0 fully saturated rings. The molecule has 0 amide bonds. The van der Waals surface area contributed by atoms with Crippen molar-refractivity contribution in [2.75, 3.05) is 6.61 Å². The summed E-state index contributed by atoms with van der Waals surface area (Å²) < 4.78 is 5.37. The van der Waals surface area contributed by atoms with Crippen molar-refractivity contribution in [2.45, 2.75) is 25.5 Å². The first-order chi connectivity index (χ1) is 8.06. The minimum atomic E-state index is -1.32. The van der Waals surface area contributed by atoms with Gasteiger partial charge in [-0.25, -0.2) is 0 Å². The zero-order valence-electron chi connectivity index (χ0n) is 9.67. The summed E-state index contributed by atoms with van der Waals surface area (Å²) in [7, 11) is 0. The van der Waals surface area contributed by atoms with Gasteiger partial charge in [-0.2, -0.15) is 0 Å². The van der Waals surface area contributed by atoms with Crippen LogP contribution in [0.2, 0.25) is 0 Å². The van der Waals surface area contributed by atoms with Gasteiger partial charge in [-0.15, -0.1) is 0 Å². The van der Waals surface area contributed by atoms with E-state index in [1.807, 2.05) is 6.92 Å². The molecule has 0 spiro atoms. The first-order valence-electron chi connectivity index (χ1n) is 5.45. The molecular formula is C12H17NO4. The highest BCUT2D eigenvalue weighted by molar-refractivity contribution is 5.74. The topological polar surface area (TPSA) is 92.8 Å². The highest BCUT2D eigenvalue weighted by Gasteiger charge is 2.23. The van der Waals surface area contributed by atoms with Gasteiger partial charge in [-0.05, 0) is 24.1 Å². The molecule has 2 atom stereocenters. The van der Waals surface area contributed by atoms with Gasteiger partial charge in [-0.3, -0.25) is 4.79 Å². The third kappa shape index (κ3) is 3.72. The molecule has 0 aliphatic carbocycles. The number of rotatable bonds is 6. The fraction of sp³-hybridized carbons (Fsp3) is 0.417. The Morgan fingerprint density at radius 1 is 1.41 bits per heavy atom. The van der Waals surface area contributed by atoms with Gasteiger partial charge in [0, 0.05) is 0 Å². The maximum atomic E-state index is 10.6. The number of carbonyl (C=O) groups is 1. The lowest BCUT2D eigenvalue weighted by Crippen LogP contribution is -2.36. The summed E-state index contributed by atoms with van der Waals surface area (Å²) in [5.74, 6) is -0.546. The van der Waals surface area contributed by atoms with E-state index in [0.717, 1.165) is 6.42 Å². The SMILES string of the molecule is CCCOc1ccc(C(O)C(N)C(=O)O)cc1. The second-order valence-corrected chi connectivity index (χ2v) is 3.73. The number of ether oxygens (including phenoxy) is 1. The Morgan fingerprint density at radius 2 is 2.00 bits per heavy atom. The molecule has 0 bridgehead atoms. The van der Waals surface area contributed by atoms with Crippen molar-refractivity contribution in [3.63, 3.8) is 0 Å². The monoisotopic (exact) mass is 239 g/mol. The molecular weight excluding hydrogens is 222 g/mol. The molecule has 4 N–H and O–H groups in total. The lowest BCUT2D eigenvalue weighted by Gasteiger charge is -2.15. The largest absolute Gasteiger partial charge is 0.494 e. The number of hydrogen-bond donors (Lipinski definition) is 3. The first-order valence-corrected chi connectivity index (χ1v) is 5.45. The van der Waals surface area contributed by atoms with Gasteiger partial charge in [0.2, 0.25) is 0 Å². The van der Waals surface area contributed by atoms with Crippen LogP contribution in [-0.4, -0.2) is 28.8 Å². The second kappa shape index (κ2) is 6.22. The van der Waals surface area contributed by atoms with Gasteiger partial charge in [0.15, 0.2) is 0 Å².